The molecule has 2 N–H and O–H groups in total. The largest absolute Gasteiger partial charge is 0.358 e. The summed E-state index contributed by atoms with van der Waals surface area (Å²) in [6, 6.07) is 6.10. The Balaban J connectivity index is 1.50. The van der Waals surface area contributed by atoms with E-state index in [2.05, 4.69) is 25.6 Å². The first-order valence-electron chi connectivity index (χ1n) is 13.4. The van der Waals surface area contributed by atoms with Crippen molar-refractivity contribution in [1.29, 1.82) is 0 Å². The van der Waals surface area contributed by atoms with Crippen molar-refractivity contribution < 1.29 is 31.1 Å². The van der Waals surface area contributed by atoms with E-state index in [0.29, 0.717) is 24.3 Å². The lowest BCUT2D eigenvalue weighted by molar-refractivity contribution is -0.117. The molecule has 0 radical (unpaired) electrons. The number of anilines is 3. The maximum absolute atomic E-state index is 14.3. The van der Waals surface area contributed by atoms with E-state index in [1.165, 1.54) is 16.7 Å². The molecule has 4 heterocycles. The van der Waals surface area contributed by atoms with Crippen LogP contribution in [0.15, 0.2) is 41.7 Å². The quantitative estimate of drug-likeness (QED) is 0.290. The Morgan fingerprint density at radius 1 is 1.17 bits per heavy atom. The van der Waals surface area contributed by atoms with Gasteiger partial charge < -0.3 is 19.9 Å². The topological polar surface area (TPSA) is 133 Å². The molecule has 0 bridgehead atoms. The van der Waals surface area contributed by atoms with Crippen molar-refractivity contribution in [3.05, 3.63) is 42.6 Å². The fourth-order valence-electron chi connectivity index (χ4n) is 5.13. The number of carbonyl (C=O) groups is 1. The summed E-state index contributed by atoms with van der Waals surface area (Å²) in [5, 5.41) is 5.60. The van der Waals surface area contributed by atoms with Gasteiger partial charge in [0.25, 0.3) is 6.43 Å². The number of hydrogen-bond donors (Lipinski definition) is 2. The maximum atomic E-state index is 14.3. The van der Waals surface area contributed by atoms with Crippen LogP contribution in [0.1, 0.15) is 44.2 Å². The van der Waals surface area contributed by atoms with Gasteiger partial charge in [0, 0.05) is 31.5 Å². The van der Waals surface area contributed by atoms with Crippen molar-refractivity contribution in [1.82, 2.24) is 24.1 Å². The molecule has 42 heavy (non-hydrogen) atoms. The van der Waals surface area contributed by atoms with E-state index < -0.39 is 46.3 Å². The number of alkyl halides is 3. The highest BCUT2D eigenvalue weighted by molar-refractivity contribution is 7.90. The molecule has 2 aliphatic rings. The van der Waals surface area contributed by atoms with Crippen LogP contribution in [0.5, 0.6) is 0 Å². The summed E-state index contributed by atoms with van der Waals surface area (Å²) in [6.45, 7) is 0.370. The number of hydrogen-bond acceptors (Lipinski definition) is 8. The van der Waals surface area contributed by atoms with Gasteiger partial charge in [-0.25, -0.2) is 36.5 Å². The Labute approximate surface area is 239 Å². The lowest BCUT2D eigenvalue weighted by atomic mass is 10.1. The monoisotopic (exact) mass is 603 g/mol. The molecular formula is C27H28F3N7O4S. The maximum Gasteiger partial charge on any atom is 0.295 e. The number of fused-ring (bicyclic) bond motifs is 1. The number of ether oxygens (including phenoxy) is 1. The number of imidazole rings is 2. The summed E-state index contributed by atoms with van der Waals surface area (Å²) in [5.41, 5.74) is 1.60. The predicted molar refractivity (Wildman–Crippen MR) is 148 cm³/mol. The average Bonchev–Trinajstić information content (AvgIpc) is 3.33. The second kappa shape index (κ2) is 10.7. The molecule has 2 fully saturated rings. The Hall–Kier alpha value is -3.98. The van der Waals surface area contributed by atoms with Crippen LogP contribution in [-0.2, 0) is 26.4 Å². The number of pyridine rings is 1. The Kier molecular flexibility index (Phi) is 7.17. The van der Waals surface area contributed by atoms with Crippen LogP contribution < -0.4 is 10.6 Å². The molecular weight excluding hydrogens is 575 g/mol. The number of rotatable bonds is 8. The molecule has 1 aliphatic heterocycles. The second-order valence-electron chi connectivity index (χ2n) is 10.5. The van der Waals surface area contributed by atoms with Gasteiger partial charge in [0.2, 0.25) is 5.91 Å². The van der Waals surface area contributed by atoms with E-state index in [9.17, 15) is 26.4 Å². The molecule has 1 aromatic carbocycles. The minimum absolute atomic E-state index is 0.0116. The predicted octanol–water partition coefficient (Wildman–Crippen LogP) is 4.91. The normalized spacial score (nSPS) is 20.7. The van der Waals surface area contributed by atoms with Crippen LogP contribution in [0.3, 0.4) is 0 Å². The molecule has 222 valence electrons. The minimum atomic E-state index is -3.79. The van der Waals surface area contributed by atoms with Crippen LogP contribution in [0.4, 0.5) is 30.4 Å². The van der Waals surface area contributed by atoms with Crippen molar-refractivity contribution >= 4 is 44.1 Å². The number of sulfone groups is 1. The number of carbonyl (C=O) groups excluding carboxylic acids is 1. The second-order valence-corrected chi connectivity index (χ2v) is 12.5. The Bertz CT molecular complexity index is 1780. The van der Waals surface area contributed by atoms with Crippen LogP contribution in [0.2, 0.25) is 0 Å². The molecule has 4 aromatic rings. The molecule has 1 saturated heterocycles. The van der Waals surface area contributed by atoms with E-state index in [-0.39, 0.29) is 39.7 Å². The van der Waals surface area contributed by atoms with E-state index in [1.54, 1.807) is 36.3 Å². The zero-order valence-corrected chi connectivity index (χ0v) is 23.5. The third-order valence-electron chi connectivity index (χ3n) is 7.38. The van der Waals surface area contributed by atoms with Gasteiger partial charge in [0.05, 0.1) is 40.4 Å². The number of nitrogens with one attached hydrogen (secondary N) is 2. The molecule has 0 spiro atoms. The Morgan fingerprint density at radius 3 is 2.57 bits per heavy atom. The summed E-state index contributed by atoms with van der Waals surface area (Å²) in [4.78, 5) is 25.2. The third kappa shape index (κ3) is 5.33. The van der Waals surface area contributed by atoms with Gasteiger partial charge in [-0.15, -0.1) is 0 Å². The summed E-state index contributed by atoms with van der Waals surface area (Å²) in [7, 11) is -2.01. The molecule has 11 nitrogen and oxygen atoms in total. The number of nitrogens with zero attached hydrogens (tertiary/aromatic N) is 5. The highest BCUT2D eigenvalue weighted by atomic mass is 32.2. The fraction of sp³-hybridized carbons (Fsp3) is 0.407. The van der Waals surface area contributed by atoms with E-state index in [1.807, 2.05) is 0 Å². The van der Waals surface area contributed by atoms with Crippen LogP contribution in [0, 0.1) is 5.92 Å². The van der Waals surface area contributed by atoms with Gasteiger partial charge in [-0.05, 0) is 37.8 Å². The van der Waals surface area contributed by atoms with Crippen LogP contribution >= 0.6 is 0 Å². The lowest BCUT2D eigenvalue weighted by Gasteiger charge is -2.25. The van der Waals surface area contributed by atoms with Crippen molar-refractivity contribution in [2.24, 2.45) is 13.0 Å². The molecule has 3 atom stereocenters. The lowest BCUT2D eigenvalue weighted by Crippen LogP contribution is -2.21. The zero-order chi connectivity index (χ0) is 29.8. The number of aromatic nitrogens is 5. The van der Waals surface area contributed by atoms with Gasteiger partial charge in [-0.2, -0.15) is 0 Å². The SMILES string of the molecule is Cn1cncc1-c1ccc(Nc2cc(NC(=O)[C@H]3C[C@H]3F)nc3c2nc(C(F)F)n3C2CCCCO2)c(S(C)(=O)=O)c1. The molecule has 3 aromatic heterocycles. The fourth-order valence-corrected chi connectivity index (χ4v) is 5.99. The first kappa shape index (κ1) is 28.2. The minimum Gasteiger partial charge on any atom is -0.358 e. The first-order chi connectivity index (χ1) is 20.0. The van der Waals surface area contributed by atoms with Gasteiger partial charge >= 0.3 is 0 Å². The molecule has 1 unspecified atom stereocenters. The highest BCUT2D eigenvalue weighted by Gasteiger charge is 2.44. The molecule has 1 saturated carbocycles. The molecule has 6 rings (SSSR count). The number of aryl methyl sites for hydroxylation is 1. The zero-order valence-electron chi connectivity index (χ0n) is 22.7. The smallest absolute Gasteiger partial charge is 0.295 e. The van der Waals surface area contributed by atoms with Gasteiger partial charge in [-0.3, -0.25) is 9.36 Å². The van der Waals surface area contributed by atoms with Gasteiger partial charge in [-0.1, -0.05) is 6.07 Å². The van der Waals surface area contributed by atoms with Crippen molar-refractivity contribution in [2.75, 3.05) is 23.5 Å². The van der Waals surface area contributed by atoms with Gasteiger partial charge in [0.15, 0.2) is 21.3 Å². The third-order valence-corrected chi connectivity index (χ3v) is 8.51. The summed E-state index contributed by atoms with van der Waals surface area (Å²) >= 11 is 0. The number of halogens is 3. The van der Waals surface area contributed by atoms with Crippen LogP contribution in [-0.4, -0.2) is 57.4 Å². The number of benzene rings is 1. The van der Waals surface area contributed by atoms with Gasteiger partial charge in [0.1, 0.15) is 23.7 Å². The molecule has 1 aliphatic carbocycles. The standard InChI is InChI=1S/C27H28F3N7O4S/c1-36-13-31-12-19(36)14-6-7-17(20(9-14)42(2,39)40)32-18-11-21(34-27(38)15-10-16(15)28)33-25-23(18)35-26(24(29)30)37(25)22-5-3-4-8-41-22/h6-7,9,11-13,15-16,22,24H,3-5,8,10H2,1-2H3,(H2,32,33,34,38)/t15-,16+,22?/m0/s1. The highest BCUT2D eigenvalue weighted by Crippen LogP contribution is 2.39. The average molecular weight is 604 g/mol. The molecule has 15 heteroatoms. The van der Waals surface area contributed by atoms with E-state index >= 15 is 0 Å². The summed E-state index contributed by atoms with van der Waals surface area (Å²) in [5.74, 6) is -2.01. The Morgan fingerprint density at radius 2 is 1.95 bits per heavy atom. The summed E-state index contributed by atoms with van der Waals surface area (Å²) in [6.07, 6.45) is 1.32. The summed E-state index contributed by atoms with van der Waals surface area (Å²) < 4.78 is 76.7. The number of amides is 1. The first-order valence-corrected chi connectivity index (χ1v) is 15.3. The molecule has 1 amide bonds. The van der Waals surface area contributed by atoms with Crippen LogP contribution in [0.25, 0.3) is 22.4 Å². The van der Waals surface area contributed by atoms with Crippen molar-refractivity contribution in [3.63, 3.8) is 0 Å². The van der Waals surface area contributed by atoms with Crippen molar-refractivity contribution in [3.8, 4) is 11.3 Å². The van der Waals surface area contributed by atoms with Crippen molar-refractivity contribution in [2.45, 2.75) is 49.4 Å². The van der Waals surface area contributed by atoms with E-state index in [0.717, 1.165) is 19.1 Å². The van der Waals surface area contributed by atoms with E-state index in [4.69, 9.17) is 4.74 Å².